The highest BCUT2D eigenvalue weighted by Gasteiger charge is 2.21. The van der Waals surface area contributed by atoms with Crippen molar-refractivity contribution in [3.05, 3.63) is 34.3 Å². The average molecular weight is 284 g/mol. The van der Waals surface area contributed by atoms with E-state index in [9.17, 15) is 0 Å². The first-order chi connectivity index (χ1) is 7.77. The van der Waals surface area contributed by atoms with Crippen molar-refractivity contribution >= 4 is 15.9 Å². The summed E-state index contributed by atoms with van der Waals surface area (Å²) in [5.41, 5.74) is 7.47. The Hall–Kier alpha value is -0.380. The zero-order valence-corrected chi connectivity index (χ0v) is 10.9. The molecule has 1 fully saturated rings. The Morgan fingerprint density at radius 2 is 2.19 bits per heavy atom. The van der Waals surface area contributed by atoms with Crippen LogP contribution < -0.4 is 5.73 Å². The summed E-state index contributed by atoms with van der Waals surface area (Å²) < 4.78 is 6.85. The van der Waals surface area contributed by atoms with Crippen LogP contribution in [0, 0.1) is 0 Å². The van der Waals surface area contributed by atoms with Gasteiger partial charge in [0.15, 0.2) is 0 Å². The number of nitrogens with two attached hydrogens (primary N) is 1. The fourth-order valence-corrected chi connectivity index (χ4v) is 2.60. The molecule has 0 radical (unpaired) electrons. The first-order valence-electron chi connectivity index (χ1n) is 5.88. The summed E-state index contributed by atoms with van der Waals surface area (Å²) in [5.74, 6) is 0. The normalized spacial score (nSPS) is 23.0. The molecule has 0 spiro atoms. The second kappa shape index (κ2) is 5.80. The highest BCUT2D eigenvalue weighted by molar-refractivity contribution is 9.10. The Kier molecular flexibility index (Phi) is 4.38. The van der Waals surface area contributed by atoms with Crippen molar-refractivity contribution < 1.29 is 4.74 Å². The van der Waals surface area contributed by atoms with Gasteiger partial charge in [-0.25, -0.2) is 0 Å². The van der Waals surface area contributed by atoms with E-state index >= 15 is 0 Å². The fraction of sp³-hybridized carbons (Fsp3) is 0.538. The van der Waals surface area contributed by atoms with Gasteiger partial charge >= 0.3 is 0 Å². The molecular formula is C13H18BrNO. The van der Waals surface area contributed by atoms with Gasteiger partial charge in [0.05, 0.1) is 6.10 Å². The maximum Gasteiger partial charge on any atom is 0.0729 e. The molecule has 2 unspecified atom stereocenters. The molecular weight excluding hydrogens is 266 g/mol. The van der Waals surface area contributed by atoms with E-state index < -0.39 is 0 Å². The Morgan fingerprint density at radius 1 is 1.38 bits per heavy atom. The second-order valence-electron chi connectivity index (χ2n) is 4.36. The number of rotatable bonds is 3. The van der Waals surface area contributed by atoms with Gasteiger partial charge < -0.3 is 10.5 Å². The molecule has 1 saturated heterocycles. The SMILES string of the molecule is NC(Cc1ccccc1Br)C1CCCCO1. The molecule has 0 amide bonds. The van der Waals surface area contributed by atoms with Crippen molar-refractivity contribution in [2.24, 2.45) is 5.73 Å². The molecule has 3 heteroatoms. The largest absolute Gasteiger partial charge is 0.377 e. The van der Waals surface area contributed by atoms with Gasteiger partial charge in [-0.3, -0.25) is 0 Å². The molecule has 88 valence electrons. The van der Waals surface area contributed by atoms with Gasteiger partial charge in [-0.05, 0) is 37.3 Å². The van der Waals surface area contributed by atoms with Gasteiger partial charge in [0, 0.05) is 17.1 Å². The smallest absolute Gasteiger partial charge is 0.0729 e. The zero-order chi connectivity index (χ0) is 11.4. The highest BCUT2D eigenvalue weighted by atomic mass is 79.9. The standard InChI is InChI=1S/C13H18BrNO/c14-11-6-2-1-5-10(11)9-12(15)13-7-3-4-8-16-13/h1-2,5-6,12-13H,3-4,7-9,15H2. The molecule has 0 aliphatic carbocycles. The molecule has 1 aromatic carbocycles. The Bertz CT molecular complexity index is 336. The number of hydrogen-bond donors (Lipinski definition) is 1. The molecule has 2 atom stereocenters. The maximum atomic E-state index is 6.20. The third-order valence-electron chi connectivity index (χ3n) is 3.11. The van der Waals surface area contributed by atoms with Gasteiger partial charge in [-0.15, -0.1) is 0 Å². The van der Waals surface area contributed by atoms with E-state index in [-0.39, 0.29) is 12.1 Å². The molecule has 1 aliphatic rings. The van der Waals surface area contributed by atoms with Crippen molar-refractivity contribution in [1.29, 1.82) is 0 Å². The van der Waals surface area contributed by atoms with E-state index in [1.54, 1.807) is 0 Å². The lowest BCUT2D eigenvalue weighted by Gasteiger charge is -2.28. The second-order valence-corrected chi connectivity index (χ2v) is 5.22. The van der Waals surface area contributed by atoms with Crippen LogP contribution >= 0.6 is 15.9 Å². The van der Waals surface area contributed by atoms with Crippen molar-refractivity contribution in [2.75, 3.05) is 6.61 Å². The molecule has 1 aromatic rings. The van der Waals surface area contributed by atoms with Crippen molar-refractivity contribution in [2.45, 2.75) is 37.8 Å². The third-order valence-corrected chi connectivity index (χ3v) is 3.88. The van der Waals surface area contributed by atoms with Crippen molar-refractivity contribution in [1.82, 2.24) is 0 Å². The monoisotopic (exact) mass is 283 g/mol. The maximum absolute atomic E-state index is 6.20. The van der Waals surface area contributed by atoms with E-state index in [4.69, 9.17) is 10.5 Å². The minimum absolute atomic E-state index is 0.110. The van der Waals surface area contributed by atoms with Crippen molar-refractivity contribution in [3.63, 3.8) is 0 Å². The topological polar surface area (TPSA) is 35.2 Å². The van der Waals surface area contributed by atoms with Gasteiger partial charge in [0.25, 0.3) is 0 Å². The molecule has 2 nitrogen and oxygen atoms in total. The van der Waals surface area contributed by atoms with Crippen LogP contribution in [0.25, 0.3) is 0 Å². The van der Waals surface area contributed by atoms with E-state index in [0.29, 0.717) is 0 Å². The summed E-state index contributed by atoms with van der Waals surface area (Å²) >= 11 is 3.55. The molecule has 0 saturated carbocycles. The number of hydrogen-bond acceptors (Lipinski definition) is 2. The summed E-state index contributed by atoms with van der Waals surface area (Å²) in [7, 11) is 0. The summed E-state index contributed by atoms with van der Waals surface area (Å²) in [6.07, 6.45) is 4.64. The van der Waals surface area contributed by atoms with Crippen LogP contribution in [0.15, 0.2) is 28.7 Å². The lowest BCUT2D eigenvalue weighted by atomic mass is 9.97. The van der Waals surface area contributed by atoms with Gasteiger partial charge in [-0.2, -0.15) is 0 Å². The first kappa shape index (κ1) is 12.1. The van der Waals surface area contributed by atoms with Crippen LogP contribution in [0.2, 0.25) is 0 Å². The molecule has 16 heavy (non-hydrogen) atoms. The van der Waals surface area contributed by atoms with E-state index in [2.05, 4.69) is 34.1 Å². The lowest BCUT2D eigenvalue weighted by Crippen LogP contribution is -2.40. The Labute approximate surface area is 105 Å². The quantitative estimate of drug-likeness (QED) is 0.926. The van der Waals surface area contributed by atoms with E-state index in [0.717, 1.165) is 23.9 Å². The first-order valence-corrected chi connectivity index (χ1v) is 6.67. The molecule has 2 N–H and O–H groups in total. The van der Waals surface area contributed by atoms with Crippen LogP contribution in [0.5, 0.6) is 0 Å². The third kappa shape index (κ3) is 3.06. The summed E-state index contributed by atoms with van der Waals surface area (Å²) in [6, 6.07) is 8.36. The Balaban J connectivity index is 1.96. The predicted octanol–water partition coefficient (Wildman–Crippen LogP) is 2.89. The molecule has 2 rings (SSSR count). The average Bonchev–Trinajstić information content (AvgIpc) is 2.33. The highest BCUT2D eigenvalue weighted by Crippen LogP contribution is 2.21. The molecule has 0 aromatic heterocycles. The number of halogens is 1. The summed E-state index contributed by atoms with van der Waals surface area (Å²) in [4.78, 5) is 0. The number of ether oxygens (including phenoxy) is 1. The van der Waals surface area contributed by atoms with Crippen LogP contribution in [0.4, 0.5) is 0 Å². The Morgan fingerprint density at radius 3 is 2.88 bits per heavy atom. The fourth-order valence-electron chi connectivity index (χ4n) is 2.15. The van der Waals surface area contributed by atoms with Gasteiger partial charge in [0.2, 0.25) is 0 Å². The zero-order valence-electron chi connectivity index (χ0n) is 9.36. The molecule has 0 bridgehead atoms. The number of benzene rings is 1. The summed E-state index contributed by atoms with van der Waals surface area (Å²) in [5, 5.41) is 0. The van der Waals surface area contributed by atoms with Crippen LogP contribution in [0.1, 0.15) is 24.8 Å². The van der Waals surface area contributed by atoms with Gasteiger partial charge in [-0.1, -0.05) is 34.1 Å². The van der Waals surface area contributed by atoms with E-state index in [1.807, 2.05) is 6.07 Å². The predicted molar refractivity (Wildman–Crippen MR) is 69.4 cm³/mol. The minimum Gasteiger partial charge on any atom is -0.377 e. The lowest BCUT2D eigenvalue weighted by molar-refractivity contribution is 0.000609. The summed E-state index contributed by atoms with van der Waals surface area (Å²) in [6.45, 7) is 0.869. The molecule has 1 aliphatic heterocycles. The van der Waals surface area contributed by atoms with Crippen LogP contribution in [-0.4, -0.2) is 18.8 Å². The van der Waals surface area contributed by atoms with Crippen LogP contribution in [0.3, 0.4) is 0 Å². The van der Waals surface area contributed by atoms with Crippen molar-refractivity contribution in [3.8, 4) is 0 Å². The molecule has 1 heterocycles. The minimum atomic E-state index is 0.110. The van der Waals surface area contributed by atoms with Crippen LogP contribution in [-0.2, 0) is 11.2 Å². The van der Waals surface area contributed by atoms with Gasteiger partial charge in [0.1, 0.15) is 0 Å². The van der Waals surface area contributed by atoms with E-state index in [1.165, 1.54) is 18.4 Å².